The van der Waals surface area contributed by atoms with Crippen molar-refractivity contribution < 1.29 is 4.42 Å². The lowest BCUT2D eigenvalue weighted by Crippen LogP contribution is -1.95. The van der Waals surface area contributed by atoms with E-state index in [4.69, 9.17) is 9.40 Å². The summed E-state index contributed by atoms with van der Waals surface area (Å²) in [5.74, 6) is 0. The summed E-state index contributed by atoms with van der Waals surface area (Å²) in [6.07, 6.45) is 0. The molecule has 0 unspecified atom stereocenters. The lowest BCUT2D eigenvalue weighted by Gasteiger charge is -2.09. The number of benzene rings is 6. The first-order valence-corrected chi connectivity index (χ1v) is 14.9. The second-order valence-corrected chi connectivity index (χ2v) is 11.9. The van der Waals surface area contributed by atoms with Crippen molar-refractivity contribution in [2.24, 2.45) is 0 Å². The Labute approximate surface area is 243 Å². The average molecular weight is 556 g/mol. The molecular formula is C37H21N3OS. The number of hydrogen-bond donors (Lipinski definition) is 0. The summed E-state index contributed by atoms with van der Waals surface area (Å²) < 4.78 is 13.7. The molecule has 0 amide bonds. The van der Waals surface area contributed by atoms with Crippen LogP contribution in [0.2, 0.25) is 0 Å². The third-order valence-corrected chi connectivity index (χ3v) is 9.71. The van der Waals surface area contributed by atoms with Gasteiger partial charge in [0.15, 0.2) is 5.58 Å². The monoisotopic (exact) mass is 555 g/mol. The fourth-order valence-corrected chi connectivity index (χ4v) is 7.89. The standard InChI is InChI=1S/C37H21N3OS/c1-5-13-29-23(9-1)24-10-2-6-14-30(24)39(29)22-17-19-32-27(21-22)25-11-3-7-15-31(25)40(32)37-38-28-18-20-34-35(36(28)41-37)26-12-4-8-16-33(26)42-34/h1-21H. The van der Waals surface area contributed by atoms with Gasteiger partial charge in [0.05, 0.1) is 22.1 Å². The van der Waals surface area contributed by atoms with Gasteiger partial charge in [-0.25, -0.2) is 0 Å². The van der Waals surface area contributed by atoms with Crippen molar-refractivity contribution in [1.82, 2.24) is 14.1 Å². The van der Waals surface area contributed by atoms with E-state index >= 15 is 0 Å². The van der Waals surface area contributed by atoms with E-state index in [1.54, 1.807) is 11.3 Å². The van der Waals surface area contributed by atoms with Crippen LogP contribution in [0.15, 0.2) is 132 Å². The predicted octanol–water partition coefficient (Wildman–Crippen LogP) is 10.4. The summed E-state index contributed by atoms with van der Waals surface area (Å²) >= 11 is 1.79. The van der Waals surface area contributed by atoms with Crippen LogP contribution in [0.1, 0.15) is 0 Å². The van der Waals surface area contributed by atoms with Crippen LogP contribution in [0.4, 0.5) is 0 Å². The Kier molecular flexibility index (Phi) is 4.30. The van der Waals surface area contributed by atoms with Gasteiger partial charge in [0.2, 0.25) is 0 Å². The van der Waals surface area contributed by atoms with Gasteiger partial charge in [-0.2, -0.15) is 4.98 Å². The van der Waals surface area contributed by atoms with Gasteiger partial charge in [-0.1, -0.05) is 72.8 Å². The van der Waals surface area contributed by atoms with E-state index in [1.807, 2.05) is 0 Å². The average Bonchev–Trinajstić information content (AvgIpc) is 3.79. The molecule has 0 N–H and O–H groups in total. The molecule has 5 heteroatoms. The number of nitrogens with zero attached hydrogens (tertiary/aromatic N) is 3. The van der Waals surface area contributed by atoms with E-state index in [1.165, 1.54) is 47.4 Å². The summed E-state index contributed by atoms with van der Waals surface area (Å²) in [7, 11) is 0. The minimum atomic E-state index is 0.587. The number of aromatic nitrogens is 3. The molecule has 0 radical (unpaired) electrons. The lowest BCUT2D eigenvalue weighted by molar-refractivity contribution is 0.577. The molecule has 4 aromatic heterocycles. The van der Waals surface area contributed by atoms with E-state index in [-0.39, 0.29) is 0 Å². The van der Waals surface area contributed by atoms with Crippen molar-refractivity contribution in [2.45, 2.75) is 0 Å². The number of hydrogen-bond acceptors (Lipinski definition) is 3. The summed E-state index contributed by atoms with van der Waals surface area (Å²) in [6.45, 7) is 0. The van der Waals surface area contributed by atoms with E-state index < -0.39 is 0 Å². The molecule has 0 saturated heterocycles. The molecule has 0 aliphatic carbocycles. The van der Waals surface area contributed by atoms with Gasteiger partial charge < -0.3 is 8.98 Å². The molecule has 10 rings (SSSR count). The van der Waals surface area contributed by atoms with Gasteiger partial charge in [0.25, 0.3) is 0 Å². The Hall–Kier alpha value is -5.39. The highest BCUT2D eigenvalue weighted by Crippen LogP contribution is 2.41. The zero-order valence-electron chi connectivity index (χ0n) is 22.3. The topological polar surface area (TPSA) is 35.9 Å². The number of thiophene rings is 1. The Morgan fingerprint density at radius 3 is 1.83 bits per heavy atom. The maximum absolute atomic E-state index is 6.68. The van der Waals surface area contributed by atoms with Crippen LogP contribution in [0.3, 0.4) is 0 Å². The number of oxazole rings is 1. The second kappa shape index (κ2) is 8.09. The van der Waals surface area contributed by atoms with Gasteiger partial charge in [-0.15, -0.1) is 11.3 Å². The summed E-state index contributed by atoms with van der Waals surface area (Å²) in [5, 5.41) is 7.20. The van der Waals surface area contributed by atoms with E-state index in [0.717, 1.165) is 33.2 Å². The summed E-state index contributed by atoms with van der Waals surface area (Å²) in [4.78, 5) is 5.04. The second-order valence-electron chi connectivity index (χ2n) is 10.8. The predicted molar refractivity (Wildman–Crippen MR) is 176 cm³/mol. The third-order valence-electron chi connectivity index (χ3n) is 8.57. The van der Waals surface area contributed by atoms with Crippen molar-refractivity contribution in [1.29, 1.82) is 0 Å². The minimum Gasteiger partial charge on any atom is -0.422 e. The molecule has 10 aromatic rings. The van der Waals surface area contributed by atoms with Crippen LogP contribution < -0.4 is 0 Å². The molecule has 0 spiro atoms. The number of fused-ring (bicyclic) bond motifs is 11. The van der Waals surface area contributed by atoms with Crippen LogP contribution in [0.5, 0.6) is 0 Å². The van der Waals surface area contributed by atoms with Gasteiger partial charge in [-0.05, 0) is 54.6 Å². The maximum Gasteiger partial charge on any atom is 0.307 e. The molecule has 0 fully saturated rings. The highest BCUT2D eigenvalue weighted by molar-refractivity contribution is 7.26. The Morgan fingerprint density at radius 2 is 1.10 bits per heavy atom. The van der Waals surface area contributed by atoms with E-state index in [9.17, 15) is 0 Å². The number of rotatable bonds is 2. The quantitative estimate of drug-likeness (QED) is 0.213. The highest BCUT2D eigenvalue weighted by atomic mass is 32.1. The zero-order chi connectivity index (χ0) is 27.4. The van der Waals surface area contributed by atoms with Gasteiger partial charge in [0, 0.05) is 47.4 Å². The molecule has 0 aliphatic heterocycles. The van der Waals surface area contributed by atoms with Crippen LogP contribution >= 0.6 is 11.3 Å². The molecule has 196 valence electrons. The summed E-state index contributed by atoms with van der Waals surface area (Å²) in [6, 6.07) is 45.9. The van der Waals surface area contributed by atoms with Crippen LogP contribution in [-0.2, 0) is 0 Å². The normalized spacial score (nSPS) is 12.3. The van der Waals surface area contributed by atoms with Crippen molar-refractivity contribution >= 4 is 86.2 Å². The first kappa shape index (κ1) is 22.3. The van der Waals surface area contributed by atoms with Gasteiger partial charge >= 0.3 is 6.01 Å². The zero-order valence-corrected chi connectivity index (χ0v) is 23.1. The number of para-hydroxylation sites is 3. The Balaban J connectivity index is 1.26. The highest BCUT2D eigenvalue weighted by Gasteiger charge is 2.20. The summed E-state index contributed by atoms with van der Waals surface area (Å²) in [5.41, 5.74) is 7.39. The van der Waals surface area contributed by atoms with Gasteiger partial charge in [-0.3, -0.25) is 4.57 Å². The van der Waals surface area contributed by atoms with Crippen molar-refractivity contribution in [3.05, 3.63) is 127 Å². The van der Waals surface area contributed by atoms with Crippen molar-refractivity contribution in [2.75, 3.05) is 0 Å². The van der Waals surface area contributed by atoms with Crippen LogP contribution in [0.25, 0.3) is 86.6 Å². The fraction of sp³-hybridized carbons (Fsp3) is 0. The first-order valence-electron chi connectivity index (χ1n) is 14.1. The molecule has 4 nitrogen and oxygen atoms in total. The van der Waals surface area contributed by atoms with Crippen molar-refractivity contribution in [3.63, 3.8) is 0 Å². The van der Waals surface area contributed by atoms with Crippen molar-refractivity contribution in [3.8, 4) is 11.7 Å². The minimum absolute atomic E-state index is 0.587. The molecule has 0 aliphatic rings. The third kappa shape index (κ3) is 2.88. The Bertz CT molecular complexity index is 2650. The van der Waals surface area contributed by atoms with E-state index in [0.29, 0.717) is 6.01 Å². The van der Waals surface area contributed by atoms with Crippen LogP contribution in [0, 0.1) is 0 Å². The molecule has 0 bridgehead atoms. The molecule has 4 heterocycles. The largest absolute Gasteiger partial charge is 0.422 e. The molecule has 42 heavy (non-hydrogen) atoms. The lowest BCUT2D eigenvalue weighted by atomic mass is 10.1. The maximum atomic E-state index is 6.68. The molecular weight excluding hydrogens is 534 g/mol. The molecule has 0 saturated carbocycles. The molecule has 6 aromatic carbocycles. The first-order chi connectivity index (χ1) is 20.8. The smallest absolute Gasteiger partial charge is 0.307 e. The fourth-order valence-electron chi connectivity index (χ4n) is 6.79. The Morgan fingerprint density at radius 1 is 0.500 bits per heavy atom. The molecule has 0 atom stereocenters. The van der Waals surface area contributed by atoms with Crippen LogP contribution in [-0.4, -0.2) is 14.1 Å². The SMILES string of the molecule is c1ccc2c(c1)sc1ccc3nc(-n4c5ccccc5c5cc(-n6c7ccccc7c7ccccc76)ccc54)oc3c12. The van der Waals surface area contributed by atoms with Gasteiger partial charge in [0.1, 0.15) is 5.52 Å². The van der Waals surface area contributed by atoms with E-state index in [2.05, 4.69) is 137 Å².